The lowest BCUT2D eigenvalue weighted by Crippen LogP contribution is -1.59. The van der Waals surface area contributed by atoms with E-state index >= 15 is 0 Å². The van der Waals surface area contributed by atoms with Gasteiger partial charge in [-0.3, -0.25) is 0 Å². The molecule has 0 saturated carbocycles. The van der Waals surface area contributed by atoms with Crippen molar-refractivity contribution in [3.05, 3.63) is 24.6 Å². The second-order valence-corrected chi connectivity index (χ2v) is 1.20. The zero-order valence-electron chi connectivity index (χ0n) is 4.45. The first-order valence-electron chi connectivity index (χ1n) is 2.29. The standard InChI is InChI=1S/C6H9F/c1-3-5-6(7)4-2/h4-5H,2-3H2,1H3. The van der Waals surface area contributed by atoms with E-state index in [9.17, 15) is 4.39 Å². The maximum absolute atomic E-state index is 11.9. The van der Waals surface area contributed by atoms with Gasteiger partial charge in [0.2, 0.25) is 0 Å². The second kappa shape index (κ2) is 3.59. The highest BCUT2D eigenvalue weighted by Gasteiger charge is 1.77. The quantitative estimate of drug-likeness (QED) is 0.467. The third-order valence-electron chi connectivity index (χ3n) is 0.594. The van der Waals surface area contributed by atoms with Crippen LogP contribution in [0.4, 0.5) is 4.39 Å². The summed E-state index contributed by atoms with van der Waals surface area (Å²) >= 11 is 0. The van der Waals surface area contributed by atoms with Crippen molar-refractivity contribution in [1.82, 2.24) is 0 Å². The highest BCUT2D eigenvalue weighted by atomic mass is 19.1. The molecule has 0 aliphatic carbocycles. The van der Waals surface area contributed by atoms with E-state index in [0.717, 1.165) is 6.42 Å². The molecule has 0 rings (SSSR count). The molecule has 0 nitrogen and oxygen atoms in total. The first-order valence-corrected chi connectivity index (χ1v) is 2.29. The molecule has 40 valence electrons. The molecule has 0 aromatic heterocycles. The zero-order chi connectivity index (χ0) is 5.70. The minimum absolute atomic E-state index is 0.234. The summed E-state index contributed by atoms with van der Waals surface area (Å²) in [5, 5.41) is 0. The average Bonchev–Trinajstić information content (AvgIpc) is 1.68. The predicted molar refractivity (Wildman–Crippen MR) is 29.7 cm³/mol. The Bertz CT molecular complexity index is 82.2. The minimum Gasteiger partial charge on any atom is -0.207 e. The number of halogens is 1. The van der Waals surface area contributed by atoms with Crippen LogP contribution in [-0.2, 0) is 0 Å². The van der Waals surface area contributed by atoms with E-state index < -0.39 is 0 Å². The molecule has 0 spiro atoms. The summed E-state index contributed by atoms with van der Waals surface area (Å²) in [6, 6.07) is 0. The van der Waals surface area contributed by atoms with E-state index in [4.69, 9.17) is 0 Å². The lowest BCUT2D eigenvalue weighted by Gasteiger charge is -1.78. The van der Waals surface area contributed by atoms with Gasteiger partial charge < -0.3 is 0 Å². The number of hydrogen-bond acceptors (Lipinski definition) is 0. The van der Waals surface area contributed by atoms with E-state index in [1.807, 2.05) is 6.92 Å². The molecular weight excluding hydrogens is 91.1 g/mol. The van der Waals surface area contributed by atoms with Crippen LogP contribution in [0.1, 0.15) is 13.3 Å². The van der Waals surface area contributed by atoms with Crippen LogP contribution in [-0.4, -0.2) is 0 Å². The Balaban J connectivity index is 3.49. The summed E-state index contributed by atoms with van der Waals surface area (Å²) in [6.45, 7) is 5.11. The molecule has 0 fully saturated rings. The van der Waals surface area contributed by atoms with Gasteiger partial charge in [-0.05, 0) is 18.6 Å². The zero-order valence-corrected chi connectivity index (χ0v) is 4.45. The van der Waals surface area contributed by atoms with Crippen molar-refractivity contribution in [2.24, 2.45) is 0 Å². The van der Waals surface area contributed by atoms with Gasteiger partial charge >= 0.3 is 0 Å². The summed E-state index contributed by atoms with van der Waals surface area (Å²) in [5.41, 5.74) is 0. The first-order chi connectivity index (χ1) is 3.31. The molecule has 0 heterocycles. The van der Waals surface area contributed by atoms with Crippen LogP contribution >= 0.6 is 0 Å². The van der Waals surface area contributed by atoms with Crippen molar-refractivity contribution in [1.29, 1.82) is 0 Å². The van der Waals surface area contributed by atoms with Crippen LogP contribution < -0.4 is 0 Å². The third-order valence-corrected chi connectivity index (χ3v) is 0.594. The molecule has 0 aromatic rings. The van der Waals surface area contributed by atoms with Crippen LogP contribution in [0.15, 0.2) is 24.6 Å². The molecule has 7 heavy (non-hydrogen) atoms. The Morgan fingerprint density at radius 3 is 2.57 bits per heavy atom. The van der Waals surface area contributed by atoms with Gasteiger partial charge in [0.15, 0.2) is 0 Å². The fourth-order valence-electron chi connectivity index (χ4n) is 0.278. The van der Waals surface area contributed by atoms with E-state index in [1.54, 1.807) is 0 Å². The van der Waals surface area contributed by atoms with Gasteiger partial charge in [-0.15, -0.1) is 0 Å². The smallest absolute Gasteiger partial charge is 0.118 e. The molecule has 1 heteroatoms. The van der Waals surface area contributed by atoms with Crippen LogP contribution in [0.2, 0.25) is 0 Å². The monoisotopic (exact) mass is 100 g/mol. The highest BCUT2D eigenvalue weighted by molar-refractivity contribution is 5.06. The molecule has 0 aromatic carbocycles. The van der Waals surface area contributed by atoms with Gasteiger partial charge in [-0.25, -0.2) is 4.39 Å². The largest absolute Gasteiger partial charge is 0.207 e. The predicted octanol–water partition coefficient (Wildman–Crippen LogP) is 2.44. The van der Waals surface area contributed by atoms with E-state index in [2.05, 4.69) is 6.58 Å². The molecular formula is C6H9F. The van der Waals surface area contributed by atoms with Gasteiger partial charge in [0.25, 0.3) is 0 Å². The lowest BCUT2D eigenvalue weighted by atomic mass is 10.4. The molecule has 0 amide bonds. The Morgan fingerprint density at radius 2 is 2.43 bits per heavy atom. The fourth-order valence-corrected chi connectivity index (χ4v) is 0.278. The molecule has 0 radical (unpaired) electrons. The van der Waals surface area contributed by atoms with Gasteiger partial charge in [0.05, 0.1) is 0 Å². The van der Waals surface area contributed by atoms with E-state index in [0.29, 0.717) is 0 Å². The molecule has 0 N–H and O–H groups in total. The van der Waals surface area contributed by atoms with Crippen molar-refractivity contribution in [3.63, 3.8) is 0 Å². The Labute approximate surface area is 43.4 Å². The summed E-state index contributed by atoms with van der Waals surface area (Å²) in [4.78, 5) is 0. The lowest BCUT2D eigenvalue weighted by molar-refractivity contribution is 0.662. The van der Waals surface area contributed by atoms with Gasteiger partial charge in [0.1, 0.15) is 5.83 Å². The minimum atomic E-state index is -0.234. The van der Waals surface area contributed by atoms with Crippen molar-refractivity contribution in [3.8, 4) is 0 Å². The maximum Gasteiger partial charge on any atom is 0.118 e. The molecule has 0 atom stereocenters. The summed E-state index contributed by atoms with van der Waals surface area (Å²) in [6.07, 6.45) is 3.41. The Morgan fingerprint density at radius 1 is 1.86 bits per heavy atom. The first kappa shape index (κ1) is 6.41. The van der Waals surface area contributed by atoms with Gasteiger partial charge in [0, 0.05) is 0 Å². The van der Waals surface area contributed by atoms with Gasteiger partial charge in [-0.1, -0.05) is 13.5 Å². The topological polar surface area (TPSA) is 0 Å². The Kier molecular flexibility index (Phi) is 3.29. The normalized spacial score (nSPS) is 11.4. The molecule has 0 saturated heterocycles. The van der Waals surface area contributed by atoms with Crippen molar-refractivity contribution >= 4 is 0 Å². The highest BCUT2D eigenvalue weighted by Crippen LogP contribution is 1.96. The number of rotatable bonds is 2. The van der Waals surface area contributed by atoms with Crippen LogP contribution in [0.3, 0.4) is 0 Å². The van der Waals surface area contributed by atoms with Crippen molar-refractivity contribution in [2.75, 3.05) is 0 Å². The number of hydrogen-bond donors (Lipinski definition) is 0. The van der Waals surface area contributed by atoms with Crippen molar-refractivity contribution < 1.29 is 4.39 Å². The fraction of sp³-hybridized carbons (Fsp3) is 0.333. The number of allylic oxidation sites excluding steroid dienone is 3. The SMILES string of the molecule is C=CC(F)=CCC. The molecule has 0 unspecified atom stereocenters. The Hall–Kier alpha value is -0.590. The average molecular weight is 100 g/mol. The third kappa shape index (κ3) is 3.23. The summed E-state index contributed by atoms with van der Waals surface area (Å²) < 4.78 is 11.9. The van der Waals surface area contributed by atoms with E-state index in [-0.39, 0.29) is 5.83 Å². The van der Waals surface area contributed by atoms with Crippen molar-refractivity contribution in [2.45, 2.75) is 13.3 Å². The molecule has 0 aliphatic rings. The summed E-state index contributed by atoms with van der Waals surface area (Å²) in [7, 11) is 0. The maximum atomic E-state index is 11.9. The van der Waals surface area contributed by atoms with Crippen LogP contribution in [0.25, 0.3) is 0 Å². The van der Waals surface area contributed by atoms with E-state index in [1.165, 1.54) is 12.2 Å². The van der Waals surface area contributed by atoms with Crippen LogP contribution in [0, 0.1) is 0 Å². The second-order valence-electron chi connectivity index (χ2n) is 1.20. The molecule has 0 bridgehead atoms. The van der Waals surface area contributed by atoms with Gasteiger partial charge in [-0.2, -0.15) is 0 Å². The summed E-state index contributed by atoms with van der Waals surface area (Å²) in [5.74, 6) is -0.234. The van der Waals surface area contributed by atoms with Crippen LogP contribution in [0.5, 0.6) is 0 Å². The molecule has 0 aliphatic heterocycles.